The van der Waals surface area contributed by atoms with E-state index in [1.54, 1.807) is 24.3 Å². The van der Waals surface area contributed by atoms with E-state index in [1.807, 2.05) is 0 Å². The van der Waals surface area contributed by atoms with Crippen LogP contribution in [0, 0.1) is 5.82 Å². The molecule has 5 nitrogen and oxygen atoms in total. The zero-order chi connectivity index (χ0) is 17.0. The van der Waals surface area contributed by atoms with Gasteiger partial charge in [0.15, 0.2) is 5.78 Å². The van der Waals surface area contributed by atoms with Crippen LogP contribution in [-0.2, 0) is 6.42 Å². The molecule has 1 atom stereocenters. The lowest BCUT2D eigenvalue weighted by atomic mass is 9.85. The Labute approximate surface area is 136 Å². The van der Waals surface area contributed by atoms with E-state index in [1.165, 1.54) is 6.07 Å². The minimum absolute atomic E-state index is 0.0382. The fraction of sp³-hybridized carbons (Fsp3) is 0.167. The highest BCUT2D eigenvalue weighted by Gasteiger charge is 2.44. The van der Waals surface area contributed by atoms with Gasteiger partial charge >= 0.3 is 0 Å². The van der Waals surface area contributed by atoms with Crippen LogP contribution in [0.3, 0.4) is 0 Å². The quantitative estimate of drug-likeness (QED) is 0.644. The summed E-state index contributed by atoms with van der Waals surface area (Å²) in [6, 6.07) is 7.95. The largest absolute Gasteiger partial charge is 0.398 e. The zero-order valence-electron chi connectivity index (χ0n) is 12.6. The molecule has 2 aromatic rings. The summed E-state index contributed by atoms with van der Waals surface area (Å²) in [5.74, 6) is -1.86. The number of aryl methyl sites for hydroxylation is 1. The number of hydrogen-bond donors (Lipinski definition) is 1. The van der Waals surface area contributed by atoms with Crippen molar-refractivity contribution in [2.24, 2.45) is 0 Å². The van der Waals surface area contributed by atoms with Crippen molar-refractivity contribution in [3.8, 4) is 0 Å². The first-order valence-corrected chi connectivity index (χ1v) is 7.58. The second-order valence-corrected chi connectivity index (χ2v) is 5.97. The predicted molar refractivity (Wildman–Crippen MR) is 84.2 cm³/mol. The van der Waals surface area contributed by atoms with Gasteiger partial charge < -0.3 is 5.73 Å². The Bertz CT molecular complexity index is 887. The number of carbonyl (C=O) groups is 3. The fourth-order valence-corrected chi connectivity index (χ4v) is 3.51. The lowest BCUT2D eigenvalue weighted by molar-refractivity contribution is 0.0526. The molecule has 0 fully saturated rings. The number of anilines is 1. The number of imide groups is 1. The minimum atomic E-state index is -0.905. The first-order chi connectivity index (χ1) is 11.5. The number of amides is 2. The van der Waals surface area contributed by atoms with Crippen molar-refractivity contribution in [2.45, 2.75) is 18.9 Å². The van der Waals surface area contributed by atoms with Crippen molar-refractivity contribution < 1.29 is 18.8 Å². The molecular formula is C18H13FN2O3. The fourth-order valence-electron chi connectivity index (χ4n) is 3.51. The van der Waals surface area contributed by atoms with E-state index in [2.05, 4.69) is 0 Å². The average Bonchev–Trinajstić information content (AvgIpc) is 2.80. The molecule has 120 valence electrons. The summed E-state index contributed by atoms with van der Waals surface area (Å²) in [7, 11) is 0. The number of nitrogen functional groups attached to an aromatic ring is 1. The standard InChI is InChI=1S/C18H13FN2O3/c19-10-7-9-5-6-14(16(22)15(9)13(20)8-10)21-17(23)11-3-1-2-4-12(11)18(21)24/h1-4,7-8,14H,5-6,20H2. The van der Waals surface area contributed by atoms with Crippen molar-refractivity contribution in [3.63, 3.8) is 0 Å². The van der Waals surface area contributed by atoms with Gasteiger partial charge in [0.2, 0.25) is 0 Å². The Balaban J connectivity index is 1.76. The third kappa shape index (κ3) is 1.89. The van der Waals surface area contributed by atoms with Crippen molar-refractivity contribution in [2.75, 3.05) is 5.73 Å². The summed E-state index contributed by atoms with van der Waals surface area (Å²) in [5.41, 5.74) is 7.17. The summed E-state index contributed by atoms with van der Waals surface area (Å²) in [5, 5.41) is 0. The molecule has 2 N–H and O–H groups in total. The monoisotopic (exact) mass is 324 g/mol. The summed E-state index contributed by atoms with van der Waals surface area (Å²) in [4.78, 5) is 39.0. The molecular weight excluding hydrogens is 311 g/mol. The van der Waals surface area contributed by atoms with Gasteiger partial charge in [0.25, 0.3) is 11.8 Å². The van der Waals surface area contributed by atoms with E-state index in [0.717, 1.165) is 11.0 Å². The van der Waals surface area contributed by atoms with Crippen LogP contribution in [0.25, 0.3) is 0 Å². The Kier molecular flexibility index (Phi) is 3.03. The van der Waals surface area contributed by atoms with Crippen LogP contribution in [0.15, 0.2) is 36.4 Å². The van der Waals surface area contributed by atoms with Gasteiger partial charge in [-0.05, 0) is 42.7 Å². The number of Topliss-reactive ketones (excluding diaryl/α,β-unsaturated/α-hetero) is 1. The number of rotatable bonds is 1. The molecule has 1 aliphatic carbocycles. The number of carbonyl (C=O) groups excluding carboxylic acids is 3. The third-order valence-electron chi connectivity index (χ3n) is 4.59. The van der Waals surface area contributed by atoms with Crippen LogP contribution < -0.4 is 5.73 Å². The van der Waals surface area contributed by atoms with E-state index < -0.39 is 29.5 Å². The van der Waals surface area contributed by atoms with Gasteiger partial charge in [0.1, 0.15) is 11.9 Å². The van der Waals surface area contributed by atoms with Crippen LogP contribution in [0.5, 0.6) is 0 Å². The van der Waals surface area contributed by atoms with Gasteiger partial charge in [-0.3, -0.25) is 19.3 Å². The Morgan fingerprint density at radius 1 is 1.04 bits per heavy atom. The van der Waals surface area contributed by atoms with Gasteiger partial charge in [-0.15, -0.1) is 0 Å². The second kappa shape index (κ2) is 4.99. The number of halogens is 1. The van der Waals surface area contributed by atoms with Gasteiger partial charge in [-0.25, -0.2) is 4.39 Å². The molecule has 2 amide bonds. The normalized spacial score (nSPS) is 19.5. The van der Waals surface area contributed by atoms with Crippen molar-refractivity contribution in [1.29, 1.82) is 0 Å². The van der Waals surface area contributed by atoms with Gasteiger partial charge in [0.05, 0.1) is 11.1 Å². The molecule has 0 bridgehead atoms. The topological polar surface area (TPSA) is 80.5 Å². The highest BCUT2D eigenvalue weighted by atomic mass is 19.1. The lowest BCUT2D eigenvalue weighted by Crippen LogP contribution is -2.47. The molecule has 1 aliphatic heterocycles. The Morgan fingerprint density at radius 2 is 1.67 bits per heavy atom. The number of nitrogens with two attached hydrogens (primary N) is 1. The minimum Gasteiger partial charge on any atom is -0.398 e. The SMILES string of the molecule is Nc1cc(F)cc2c1C(=O)C(N1C(=O)c3ccccc3C1=O)CC2. The van der Waals surface area contributed by atoms with Crippen LogP contribution in [0.4, 0.5) is 10.1 Å². The molecule has 1 unspecified atom stereocenters. The smallest absolute Gasteiger partial charge is 0.262 e. The van der Waals surface area contributed by atoms with E-state index >= 15 is 0 Å². The lowest BCUT2D eigenvalue weighted by Gasteiger charge is -2.30. The molecule has 1 heterocycles. The Morgan fingerprint density at radius 3 is 2.29 bits per heavy atom. The second-order valence-electron chi connectivity index (χ2n) is 5.97. The maximum Gasteiger partial charge on any atom is 0.262 e. The van der Waals surface area contributed by atoms with E-state index in [0.29, 0.717) is 23.1 Å². The highest BCUT2D eigenvalue weighted by Crippen LogP contribution is 2.33. The van der Waals surface area contributed by atoms with Crippen molar-refractivity contribution in [1.82, 2.24) is 4.90 Å². The number of benzene rings is 2. The van der Waals surface area contributed by atoms with Gasteiger partial charge in [0, 0.05) is 11.3 Å². The third-order valence-corrected chi connectivity index (χ3v) is 4.59. The summed E-state index contributed by atoms with van der Waals surface area (Å²) >= 11 is 0. The van der Waals surface area contributed by atoms with E-state index in [9.17, 15) is 18.8 Å². The zero-order valence-corrected chi connectivity index (χ0v) is 12.6. The number of ketones is 1. The van der Waals surface area contributed by atoms with Gasteiger partial charge in [-0.1, -0.05) is 12.1 Å². The van der Waals surface area contributed by atoms with Gasteiger partial charge in [-0.2, -0.15) is 0 Å². The van der Waals surface area contributed by atoms with Crippen molar-refractivity contribution >= 4 is 23.3 Å². The number of nitrogens with zero attached hydrogens (tertiary/aromatic N) is 1. The molecule has 2 aliphatic rings. The molecule has 0 aromatic heterocycles. The predicted octanol–water partition coefficient (Wildman–Crippen LogP) is 2.20. The van der Waals surface area contributed by atoms with Crippen molar-refractivity contribution in [3.05, 3.63) is 64.5 Å². The average molecular weight is 324 g/mol. The summed E-state index contributed by atoms with van der Waals surface area (Å²) in [6.07, 6.45) is 0.640. The molecule has 0 saturated carbocycles. The molecule has 2 aromatic carbocycles. The molecule has 6 heteroatoms. The van der Waals surface area contributed by atoms with E-state index in [-0.39, 0.29) is 17.7 Å². The highest BCUT2D eigenvalue weighted by molar-refractivity contribution is 6.24. The molecule has 24 heavy (non-hydrogen) atoms. The maximum atomic E-state index is 13.5. The van der Waals surface area contributed by atoms with Crippen LogP contribution in [-0.4, -0.2) is 28.5 Å². The molecule has 0 saturated heterocycles. The van der Waals surface area contributed by atoms with Crippen LogP contribution in [0.2, 0.25) is 0 Å². The molecule has 0 radical (unpaired) electrons. The number of fused-ring (bicyclic) bond motifs is 2. The summed E-state index contributed by atoms with van der Waals surface area (Å²) in [6.45, 7) is 0. The molecule has 0 spiro atoms. The van der Waals surface area contributed by atoms with Crippen LogP contribution in [0.1, 0.15) is 43.1 Å². The summed E-state index contributed by atoms with van der Waals surface area (Å²) < 4.78 is 13.5. The Hall–Kier alpha value is -3.02. The number of hydrogen-bond acceptors (Lipinski definition) is 4. The maximum absolute atomic E-state index is 13.5. The van der Waals surface area contributed by atoms with E-state index in [4.69, 9.17) is 5.73 Å². The van der Waals surface area contributed by atoms with Crippen LogP contribution >= 0.6 is 0 Å². The first-order valence-electron chi connectivity index (χ1n) is 7.58. The first kappa shape index (κ1) is 14.6. The molecule has 4 rings (SSSR count).